The van der Waals surface area contributed by atoms with E-state index >= 15 is 0 Å². The molecule has 0 fully saturated rings. The topological polar surface area (TPSA) is 116 Å². The molecular formula is C30H33NO7S2. The van der Waals surface area contributed by atoms with Gasteiger partial charge in [0, 0.05) is 41.2 Å². The first-order valence-electron chi connectivity index (χ1n) is 12.8. The van der Waals surface area contributed by atoms with Crippen molar-refractivity contribution in [1.82, 2.24) is 5.16 Å². The number of nitrogens with zero attached hydrogens (tertiary/aromatic N) is 1. The summed E-state index contributed by atoms with van der Waals surface area (Å²) >= 11 is 1.37. The number of aliphatic carboxylic acids is 1. The summed E-state index contributed by atoms with van der Waals surface area (Å²) in [6.45, 7) is 8.33. The number of carboxylic acid groups (broad SMARTS) is 1. The first-order valence-corrected chi connectivity index (χ1v) is 15.5. The predicted molar refractivity (Wildman–Crippen MR) is 155 cm³/mol. The molecule has 0 spiro atoms. The lowest BCUT2D eigenvalue weighted by atomic mass is 9.93. The van der Waals surface area contributed by atoms with Crippen molar-refractivity contribution in [3.63, 3.8) is 0 Å². The largest absolute Gasteiger partial charge is 0.488 e. The lowest BCUT2D eigenvalue weighted by molar-refractivity contribution is -0.149. The van der Waals surface area contributed by atoms with Crippen LogP contribution in [0.5, 0.6) is 5.75 Å². The lowest BCUT2D eigenvalue weighted by Crippen LogP contribution is -2.26. The van der Waals surface area contributed by atoms with E-state index in [0.29, 0.717) is 17.2 Å². The van der Waals surface area contributed by atoms with E-state index in [0.717, 1.165) is 33.0 Å². The van der Waals surface area contributed by atoms with Crippen LogP contribution < -0.4 is 4.74 Å². The molecule has 10 heteroatoms. The molecule has 2 heterocycles. The van der Waals surface area contributed by atoms with Crippen LogP contribution in [0.4, 0.5) is 0 Å². The van der Waals surface area contributed by atoms with Crippen LogP contribution in [0.25, 0.3) is 21.7 Å². The van der Waals surface area contributed by atoms with E-state index in [1.54, 1.807) is 37.3 Å². The van der Waals surface area contributed by atoms with E-state index in [9.17, 15) is 18.3 Å². The average molecular weight is 584 g/mol. The molecule has 1 atom stereocenters. The monoisotopic (exact) mass is 583 g/mol. The molecule has 2 aromatic heterocycles. The van der Waals surface area contributed by atoms with Gasteiger partial charge in [0.1, 0.15) is 23.8 Å². The second kappa shape index (κ2) is 12.0. The molecule has 4 aromatic rings. The minimum Gasteiger partial charge on any atom is -0.488 e. The second-order valence-corrected chi connectivity index (χ2v) is 13.6. The van der Waals surface area contributed by atoms with Crippen molar-refractivity contribution < 1.29 is 32.3 Å². The van der Waals surface area contributed by atoms with Crippen LogP contribution >= 0.6 is 11.3 Å². The van der Waals surface area contributed by atoms with Crippen molar-refractivity contribution in [3.05, 3.63) is 76.9 Å². The Hall–Kier alpha value is -3.47. The number of hydrogen-bond acceptors (Lipinski definition) is 8. The number of hydrogen-bond donors (Lipinski definition) is 1. The molecule has 0 aliphatic rings. The highest BCUT2D eigenvalue weighted by Crippen LogP contribution is 2.36. The molecule has 0 aliphatic heterocycles. The Balaban J connectivity index is 1.49. The Morgan fingerprint density at radius 3 is 2.25 bits per heavy atom. The van der Waals surface area contributed by atoms with Crippen molar-refractivity contribution >= 4 is 27.1 Å². The maximum atomic E-state index is 12.6. The van der Waals surface area contributed by atoms with E-state index in [1.807, 2.05) is 30.3 Å². The fraction of sp³-hybridized carbons (Fsp3) is 0.333. The zero-order valence-corrected chi connectivity index (χ0v) is 24.8. The van der Waals surface area contributed by atoms with Crippen molar-refractivity contribution in [2.24, 2.45) is 0 Å². The fourth-order valence-corrected chi connectivity index (χ4v) is 6.47. The molecule has 0 unspecified atom stereocenters. The highest BCUT2D eigenvalue weighted by atomic mass is 32.2. The molecule has 0 bridgehead atoms. The van der Waals surface area contributed by atoms with Crippen LogP contribution in [-0.4, -0.2) is 43.6 Å². The minimum atomic E-state index is -3.48. The van der Waals surface area contributed by atoms with Gasteiger partial charge in [-0.05, 0) is 36.2 Å². The molecule has 0 saturated carbocycles. The number of thiophene rings is 1. The van der Waals surface area contributed by atoms with Crippen LogP contribution in [0.2, 0.25) is 0 Å². The van der Waals surface area contributed by atoms with Crippen LogP contribution in [-0.2, 0) is 37.8 Å². The molecule has 212 valence electrons. The van der Waals surface area contributed by atoms with Crippen molar-refractivity contribution in [2.75, 3.05) is 12.9 Å². The number of ether oxygens (including phenoxy) is 2. The SMILES string of the molecule is CCO[C@@H](Cc1ccc(OCc2sc(-c3ccc(-c4cc(C(C)(C)C)on4)cc3)cc2S(C)(=O)=O)cc1)C(=O)O. The first-order chi connectivity index (χ1) is 18.8. The smallest absolute Gasteiger partial charge is 0.333 e. The van der Waals surface area contributed by atoms with Crippen molar-refractivity contribution in [1.29, 1.82) is 0 Å². The van der Waals surface area contributed by atoms with Gasteiger partial charge in [0.25, 0.3) is 0 Å². The van der Waals surface area contributed by atoms with E-state index in [1.165, 1.54) is 17.6 Å². The van der Waals surface area contributed by atoms with E-state index in [2.05, 4.69) is 25.9 Å². The Morgan fingerprint density at radius 2 is 1.70 bits per heavy atom. The molecule has 0 radical (unpaired) electrons. The van der Waals surface area contributed by atoms with Gasteiger partial charge in [0.2, 0.25) is 0 Å². The number of carboxylic acids is 1. The normalized spacial score (nSPS) is 12.8. The van der Waals surface area contributed by atoms with Gasteiger partial charge in [-0.1, -0.05) is 62.3 Å². The highest BCUT2D eigenvalue weighted by molar-refractivity contribution is 7.91. The van der Waals surface area contributed by atoms with Gasteiger partial charge in [-0.3, -0.25) is 0 Å². The third kappa shape index (κ3) is 7.18. The van der Waals surface area contributed by atoms with E-state index in [4.69, 9.17) is 14.0 Å². The Bertz CT molecular complexity index is 1560. The highest BCUT2D eigenvalue weighted by Gasteiger charge is 2.22. The van der Waals surface area contributed by atoms with Crippen LogP contribution in [0, 0.1) is 0 Å². The van der Waals surface area contributed by atoms with Crippen LogP contribution in [0.15, 0.2) is 70.1 Å². The minimum absolute atomic E-state index is 0.0791. The molecule has 1 N–H and O–H groups in total. The van der Waals surface area contributed by atoms with Gasteiger partial charge < -0.3 is 19.1 Å². The third-order valence-corrected chi connectivity index (χ3v) is 8.69. The quantitative estimate of drug-likeness (QED) is 0.216. The summed E-state index contributed by atoms with van der Waals surface area (Å²) in [7, 11) is -3.48. The number of sulfone groups is 1. The average Bonchev–Trinajstić information content (AvgIpc) is 3.56. The fourth-order valence-electron chi connectivity index (χ4n) is 4.04. The predicted octanol–water partition coefficient (Wildman–Crippen LogP) is 6.38. The molecule has 40 heavy (non-hydrogen) atoms. The van der Waals surface area contributed by atoms with Crippen LogP contribution in [0.3, 0.4) is 0 Å². The lowest BCUT2D eigenvalue weighted by Gasteiger charge is -2.13. The zero-order valence-electron chi connectivity index (χ0n) is 23.1. The second-order valence-electron chi connectivity index (χ2n) is 10.5. The maximum Gasteiger partial charge on any atom is 0.333 e. The van der Waals surface area contributed by atoms with Crippen LogP contribution in [0.1, 0.15) is 43.9 Å². The molecule has 2 aromatic carbocycles. The molecule has 4 rings (SSSR count). The Morgan fingerprint density at radius 1 is 1.05 bits per heavy atom. The molecule has 8 nitrogen and oxygen atoms in total. The van der Waals surface area contributed by atoms with E-state index < -0.39 is 21.9 Å². The number of carbonyl (C=O) groups is 1. The standard InChI is InChI=1S/C30H33NO7S2/c1-6-36-24(29(32)33)15-19-7-13-22(14-8-19)37-18-26-27(40(5,34)35)17-25(39-26)21-11-9-20(10-12-21)23-16-28(38-31-23)30(2,3)4/h7-14,16-17,24H,6,15,18H2,1-5H3,(H,32,33)/t24-/m0/s1. The summed E-state index contributed by atoms with van der Waals surface area (Å²) in [6, 6.07) is 18.4. The van der Waals surface area contributed by atoms with E-state index in [-0.39, 0.29) is 23.3 Å². The van der Waals surface area contributed by atoms with Gasteiger partial charge in [-0.25, -0.2) is 13.2 Å². The summed E-state index contributed by atoms with van der Waals surface area (Å²) in [5, 5.41) is 13.5. The summed E-state index contributed by atoms with van der Waals surface area (Å²) in [6.07, 6.45) is 0.516. The van der Waals surface area contributed by atoms with Gasteiger partial charge in [-0.15, -0.1) is 11.3 Å². The van der Waals surface area contributed by atoms with Crippen molar-refractivity contribution in [2.45, 2.75) is 57.1 Å². The third-order valence-electron chi connectivity index (χ3n) is 6.24. The Labute approximate surface area is 238 Å². The number of benzene rings is 2. The molecule has 0 saturated heterocycles. The summed E-state index contributed by atoms with van der Waals surface area (Å²) in [4.78, 5) is 13.0. The summed E-state index contributed by atoms with van der Waals surface area (Å²) < 4.78 is 41.8. The van der Waals surface area contributed by atoms with Gasteiger partial charge in [0.15, 0.2) is 15.9 Å². The van der Waals surface area contributed by atoms with Gasteiger partial charge >= 0.3 is 5.97 Å². The number of rotatable bonds is 11. The summed E-state index contributed by atoms with van der Waals surface area (Å²) in [5.41, 5.74) is 3.20. The first kappa shape index (κ1) is 29.5. The zero-order chi connectivity index (χ0) is 29.1. The van der Waals surface area contributed by atoms with Gasteiger partial charge in [0.05, 0.1) is 9.77 Å². The van der Waals surface area contributed by atoms with Crippen molar-refractivity contribution in [3.8, 4) is 27.4 Å². The number of aromatic nitrogens is 1. The maximum absolute atomic E-state index is 12.6. The summed E-state index contributed by atoms with van der Waals surface area (Å²) in [5.74, 6) is 0.344. The molecule has 0 amide bonds. The van der Waals surface area contributed by atoms with Gasteiger partial charge in [-0.2, -0.15) is 0 Å². The molecular weight excluding hydrogens is 550 g/mol. The molecule has 0 aliphatic carbocycles. The Kier molecular flexibility index (Phi) is 8.82.